The summed E-state index contributed by atoms with van der Waals surface area (Å²) in [7, 11) is 1.94. The van der Waals surface area contributed by atoms with Gasteiger partial charge in [0.1, 0.15) is 0 Å². The Morgan fingerprint density at radius 3 is 2.64 bits per heavy atom. The first-order valence-corrected chi connectivity index (χ1v) is 7.64. The fourth-order valence-electron chi connectivity index (χ4n) is 2.56. The number of nitriles is 1. The number of hydrogen-bond acceptors (Lipinski definition) is 2. The van der Waals surface area contributed by atoms with Crippen LogP contribution in [-0.2, 0) is 13.5 Å². The van der Waals surface area contributed by atoms with Crippen LogP contribution in [0.15, 0.2) is 53.1 Å². The third kappa shape index (κ3) is 2.68. The van der Waals surface area contributed by atoms with Gasteiger partial charge in [0, 0.05) is 40.6 Å². The number of halogens is 1. The van der Waals surface area contributed by atoms with E-state index in [9.17, 15) is 4.79 Å². The Morgan fingerprint density at radius 1 is 1.23 bits per heavy atom. The smallest absolute Gasteiger partial charge is 0.169 e. The molecular formula is C18H13BrN2O. The summed E-state index contributed by atoms with van der Waals surface area (Å²) < 4.78 is 2.92. The normalized spacial score (nSPS) is 10.6. The first-order chi connectivity index (χ1) is 10.6. The first-order valence-electron chi connectivity index (χ1n) is 6.85. The Balaban J connectivity index is 1.95. The third-order valence-electron chi connectivity index (χ3n) is 3.70. The minimum Gasteiger partial charge on any atom is -0.350 e. The van der Waals surface area contributed by atoms with E-state index in [4.69, 9.17) is 5.26 Å². The summed E-state index contributed by atoms with van der Waals surface area (Å²) in [5, 5.41) is 9.77. The number of Topliss-reactive ketones (excluding diaryl/α,β-unsaturated/α-hetero) is 1. The van der Waals surface area contributed by atoms with Crippen LogP contribution in [0, 0.1) is 11.3 Å². The van der Waals surface area contributed by atoms with E-state index in [0.717, 1.165) is 26.5 Å². The van der Waals surface area contributed by atoms with Crippen LogP contribution in [0.1, 0.15) is 21.5 Å². The average molecular weight is 353 g/mol. The Hall–Kier alpha value is -2.38. The second-order valence-electron chi connectivity index (χ2n) is 5.22. The summed E-state index contributed by atoms with van der Waals surface area (Å²) in [6.07, 6.45) is 2.21. The van der Waals surface area contributed by atoms with Crippen LogP contribution in [0.2, 0.25) is 0 Å². The van der Waals surface area contributed by atoms with E-state index in [1.807, 2.05) is 48.1 Å². The predicted octanol–water partition coefficient (Wildman–Crippen LogP) is 4.24. The van der Waals surface area contributed by atoms with Crippen molar-refractivity contribution in [3.8, 4) is 6.07 Å². The van der Waals surface area contributed by atoms with Crippen LogP contribution >= 0.6 is 15.9 Å². The van der Waals surface area contributed by atoms with Crippen molar-refractivity contribution in [2.75, 3.05) is 0 Å². The maximum absolute atomic E-state index is 12.6. The van der Waals surface area contributed by atoms with Gasteiger partial charge in [-0.1, -0.05) is 28.1 Å². The van der Waals surface area contributed by atoms with E-state index in [-0.39, 0.29) is 5.78 Å². The summed E-state index contributed by atoms with van der Waals surface area (Å²) in [6, 6.07) is 15.2. The molecule has 0 aliphatic rings. The van der Waals surface area contributed by atoms with E-state index >= 15 is 0 Å². The first kappa shape index (κ1) is 14.6. The molecular weight excluding hydrogens is 340 g/mol. The van der Waals surface area contributed by atoms with Gasteiger partial charge in [0.05, 0.1) is 11.6 Å². The molecule has 0 bridgehead atoms. The van der Waals surface area contributed by atoms with Gasteiger partial charge in [-0.15, -0.1) is 0 Å². The molecule has 1 aromatic heterocycles. The number of benzene rings is 2. The standard InChI is InChI=1S/C18H13BrN2O/c1-21-11-16(15-9-14(19)6-7-17(15)21)18(22)8-12-2-4-13(10-20)5-3-12/h2-7,9,11H,8H2,1H3. The third-order valence-corrected chi connectivity index (χ3v) is 4.19. The molecule has 0 spiro atoms. The lowest BCUT2D eigenvalue weighted by atomic mass is 10.0. The number of ketones is 1. The molecule has 0 aliphatic heterocycles. The second kappa shape index (κ2) is 5.78. The molecule has 22 heavy (non-hydrogen) atoms. The molecule has 0 saturated heterocycles. The summed E-state index contributed by atoms with van der Waals surface area (Å²) in [5.74, 6) is 0.0772. The van der Waals surface area contributed by atoms with Gasteiger partial charge >= 0.3 is 0 Å². The van der Waals surface area contributed by atoms with Gasteiger partial charge in [-0.2, -0.15) is 5.26 Å². The molecule has 0 radical (unpaired) electrons. The predicted molar refractivity (Wildman–Crippen MR) is 89.8 cm³/mol. The molecule has 1 heterocycles. The lowest BCUT2D eigenvalue weighted by molar-refractivity contribution is 0.0994. The van der Waals surface area contributed by atoms with Crippen molar-refractivity contribution >= 4 is 32.6 Å². The highest BCUT2D eigenvalue weighted by atomic mass is 79.9. The Labute approximate surface area is 136 Å². The van der Waals surface area contributed by atoms with Crippen molar-refractivity contribution in [1.82, 2.24) is 4.57 Å². The molecule has 108 valence electrons. The lowest BCUT2D eigenvalue weighted by Gasteiger charge is -2.01. The summed E-state index contributed by atoms with van der Waals surface area (Å²) in [6.45, 7) is 0. The molecule has 3 nitrogen and oxygen atoms in total. The number of carbonyl (C=O) groups is 1. The van der Waals surface area contributed by atoms with Gasteiger partial charge < -0.3 is 4.57 Å². The van der Waals surface area contributed by atoms with Gasteiger partial charge in [-0.3, -0.25) is 4.79 Å². The Bertz CT molecular complexity index is 901. The highest BCUT2D eigenvalue weighted by Crippen LogP contribution is 2.25. The van der Waals surface area contributed by atoms with Crippen LogP contribution in [0.4, 0.5) is 0 Å². The average Bonchev–Trinajstić information content (AvgIpc) is 2.84. The van der Waals surface area contributed by atoms with Gasteiger partial charge in [0.25, 0.3) is 0 Å². The number of hydrogen-bond donors (Lipinski definition) is 0. The molecule has 0 fully saturated rings. The van der Waals surface area contributed by atoms with Gasteiger partial charge in [0.15, 0.2) is 5.78 Å². The highest BCUT2D eigenvalue weighted by Gasteiger charge is 2.14. The summed E-state index contributed by atoms with van der Waals surface area (Å²) in [4.78, 5) is 12.6. The number of carbonyl (C=O) groups excluding carboxylic acids is 1. The SMILES string of the molecule is Cn1cc(C(=O)Cc2ccc(C#N)cc2)c2cc(Br)ccc21. The number of aryl methyl sites for hydroxylation is 1. The number of aromatic nitrogens is 1. The van der Waals surface area contributed by atoms with Crippen molar-refractivity contribution in [2.45, 2.75) is 6.42 Å². The minimum absolute atomic E-state index is 0.0772. The van der Waals surface area contributed by atoms with Crippen LogP contribution in [0.3, 0.4) is 0 Å². The van der Waals surface area contributed by atoms with E-state index in [0.29, 0.717) is 12.0 Å². The molecule has 0 atom stereocenters. The fourth-order valence-corrected chi connectivity index (χ4v) is 2.93. The number of nitrogens with zero attached hydrogens (tertiary/aromatic N) is 2. The van der Waals surface area contributed by atoms with E-state index in [2.05, 4.69) is 22.0 Å². The fraction of sp³-hybridized carbons (Fsp3) is 0.111. The molecule has 0 saturated carbocycles. The molecule has 0 N–H and O–H groups in total. The van der Waals surface area contributed by atoms with E-state index < -0.39 is 0 Å². The van der Waals surface area contributed by atoms with Gasteiger partial charge in [0.2, 0.25) is 0 Å². The summed E-state index contributed by atoms with van der Waals surface area (Å²) >= 11 is 3.46. The Morgan fingerprint density at radius 2 is 1.95 bits per heavy atom. The minimum atomic E-state index is 0.0772. The van der Waals surface area contributed by atoms with E-state index in [1.165, 1.54) is 0 Å². The molecule has 0 unspecified atom stereocenters. The molecule has 2 aromatic carbocycles. The monoisotopic (exact) mass is 352 g/mol. The van der Waals surface area contributed by atoms with Crippen molar-refractivity contribution in [3.63, 3.8) is 0 Å². The van der Waals surface area contributed by atoms with Crippen LogP contribution in [0.25, 0.3) is 10.9 Å². The molecule has 4 heteroatoms. The zero-order valence-electron chi connectivity index (χ0n) is 12.0. The van der Waals surface area contributed by atoms with Crippen molar-refractivity contribution in [1.29, 1.82) is 5.26 Å². The van der Waals surface area contributed by atoms with Crippen LogP contribution in [0.5, 0.6) is 0 Å². The molecule has 3 rings (SSSR count). The zero-order valence-corrected chi connectivity index (χ0v) is 13.6. The molecule has 0 amide bonds. The lowest BCUT2D eigenvalue weighted by Crippen LogP contribution is -2.03. The highest BCUT2D eigenvalue weighted by molar-refractivity contribution is 9.10. The molecule has 0 aliphatic carbocycles. The van der Waals surface area contributed by atoms with E-state index in [1.54, 1.807) is 12.1 Å². The van der Waals surface area contributed by atoms with Crippen LogP contribution < -0.4 is 0 Å². The van der Waals surface area contributed by atoms with Crippen molar-refractivity contribution in [3.05, 3.63) is 69.8 Å². The topological polar surface area (TPSA) is 45.8 Å². The maximum Gasteiger partial charge on any atom is 0.169 e. The largest absolute Gasteiger partial charge is 0.350 e. The number of rotatable bonds is 3. The second-order valence-corrected chi connectivity index (χ2v) is 6.14. The van der Waals surface area contributed by atoms with Crippen molar-refractivity contribution < 1.29 is 4.79 Å². The quantitative estimate of drug-likeness (QED) is 0.662. The Kier molecular flexibility index (Phi) is 3.82. The maximum atomic E-state index is 12.6. The van der Waals surface area contributed by atoms with Gasteiger partial charge in [-0.25, -0.2) is 0 Å². The zero-order chi connectivity index (χ0) is 15.7. The number of fused-ring (bicyclic) bond motifs is 1. The molecule has 3 aromatic rings. The summed E-state index contributed by atoms with van der Waals surface area (Å²) in [5.41, 5.74) is 3.27. The van der Waals surface area contributed by atoms with Gasteiger partial charge in [-0.05, 0) is 35.9 Å². The van der Waals surface area contributed by atoms with Crippen molar-refractivity contribution in [2.24, 2.45) is 7.05 Å². The van der Waals surface area contributed by atoms with Crippen LogP contribution in [-0.4, -0.2) is 10.4 Å².